The van der Waals surface area contributed by atoms with Crippen molar-refractivity contribution in [3.8, 4) is 22.1 Å². The summed E-state index contributed by atoms with van der Waals surface area (Å²) in [4.78, 5) is 27.5. The molecule has 6 rings (SSSR count). The number of esters is 1. The highest BCUT2D eigenvalue weighted by Crippen LogP contribution is 2.45. The first-order valence-corrected chi connectivity index (χ1v) is 18.9. The number of rotatable bonds is 16. The first kappa shape index (κ1) is 36.0. The third-order valence-electron chi connectivity index (χ3n) is 9.92. The van der Waals surface area contributed by atoms with Crippen LogP contribution < -0.4 is 9.47 Å². The van der Waals surface area contributed by atoms with Crippen molar-refractivity contribution in [3.05, 3.63) is 106 Å². The summed E-state index contributed by atoms with van der Waals surface area (Å²) in [6, 6.07) is 21.9. The zero-order chi connectivity index (χ0) is 35.7. The van der Waals surface area contributed by atoms with Crippen LogP contribution in [0.5, 0.6) is 11.5 Å². The van der Waals surface area contributed by atoms with Crippen molar-refractivity contribution in [2.45, 2.75) is 84.2 Å². The predicted octanol–water partition coefficient (Wildman–Crippen LogP) is 11.3. The highest BCUT2D eigenvalue weighted by molar-refractivity contribution is 7.22. The van der Waals surface area contributed by atoms with Gasteiger partial charge in [-0.1, -0.05) is 63.5 Å². The zero-order valence-corrected chi connectivity index (χ0v) is 30.3. The Morgan fingerprint density at radius 2 is 1.76 bits per heavy atom. The minimum absolute atomic E-state index is 0.114. The van der Waals surface area contributed by atoms with Gasteiger partial charge in [-0.15, -0.1) is 11.3 Å². The monoisotopic (exact) mass is 706 g/mol. The van der Waals surface area contributed by atoms with Crippen molar-refractivity contribution in [2.75, 3.05) is 13.2 Å². The molecule has 9 heteroatoms. The van der Waals surface area contributed by atoms with Gasteiger partial charge in [0.15, 0.2) is 0 Å². The van der Waals surface area contributed by atoms with E-state index in [1.165, 1.54) is 56.9 Å². The van der Waals surface area contributed by atoms with Gasteiger partial charge in [0.25, 0.3) is 5.69 Å². The number of unbranched alkanes of at least 4 members (excludes halogenated alkanes) is 2. The second-order valence-electron chi connectivity index (χ2n) is 13.5. The molecular weight excluding hydrogens is 661 g/mol. The van der Waals surface area contributed by atoms with Crippen LogP contribution in [-0.4, -0.2) is 29.1 Å². The van der Waals surface area contributed by atoms with Crippen molar-refractivity contribution in [1.82, 2.24) is 4.98 Å². The Morgan fingerprint density at radius 3 is 2.53 bits per heavy atom. The van der Waals surface area contributed by atoms with Crippen molar-refractivity contribution in [2.24, 2.45) is 5.92 Å². The van der Waals surface area contributed by atoms with E-state index in [9.17, 15) is 14.9 Å². The van der Waals surface area contributed by atoms with E-state index in [1.807, 2.05) is 24.3 Å². The Morgan fingerprint density at radius 1 is 0.961 bits per heavy atom. The van der Waals surface area contributed by atoms with E-state index in [0.29, 0.717) is 31.1 Å². The van der Waals surface area contributed by atoms with Crippen LogP contribution >= 0.6 is 11.3 Å². The van der Waals surface area contributed by atoms with E-state index in [4.69, 9.17) is 19.2 Å². The molecule has 1 aromatic heterocycles. The van der Waals surface area contributed by atoms with E-state index in [-0.39, 0.29) is 17.2 Å². The number of benzene rings is 4. The van der Waals surface area contributed by atoms with E-state index in [1.54, 1.807) is 30.4 Å². The summed E-state index contributed by atoms with van der Waals surface area (Å²) < 4.78 is 18.4. The zero-order valence-electron chi connectivity index (χ0n) is 29.5. The highest BCUT2D eigenvalue weighted by atomic mass is 32.1. The van der Waals surface area contributed by atoms with Crippen molar-refractivity contribution >= 4 is 44.0 Å². The molecule has 1 heterocycles. The number of thiazole rings is 1. The molecule has 5 aromatic rings. The fourth-order valence-corrected chi connectivity index (χ4v) is 8.17. The summed E-state index contributed by atoms with van der Waals surface area (Å²) in [5.74, 6) is 2.41. The van der Waals surface area contributed by atoms with Gasteiger partial charge in [-0.2, -0.15) is 0 Å². The molecule has 1 aliphatic carbocycles. The summed E-state index contributed by atoms with van der Waals surface area (Å²) in [7, 11) is 0. The average molecular weight is 707 g/mol. The number of carbonyl (C=O) groups is 1. The lowest BCUT2D eigenvalue weighted by Gasteiger charge is -2.29. The second-order valence-corrected chi connectivity index (χ2v) is 14.5. The highest BCUT2D eigenvalue weighted by Gasteiger charge is 2.26. The molecule has 0 saturated heterocycles. The Hall–Kier alpha value is -4.76. The maximum atomic E-state index is 11.5. The van der Waals surface area contributed by atoms with Crippen molar-refractivity contribution in [1.29, 1.82) is 0 Å². The van der Waals surface area contributed by atoms with Crippen LogP contribution in [0.3, 0.4) is 0 Å². The molecule has 0 bridgehead atoms. The van der Waals surface area contributed by atoms with Crippen LogP contribution in [0.2, 0.25) is 0 Å². The lowest BCUT2D eigenvalue weighted by atomic mass is 9.77. The average Bonchev–Trinajstić information content (AvgIpc) is 3.60. The van der Waals surface area contributed by atoms with Gasteiger partial charge in [0, 0.05) is 29.7 Å². The summed E-state index contributed by atoms with van der Waals surface area (Å²) in [6.45, 7) is 8.57. The molecule has 1 fully saturated rings. The van der Waals surface area contributed by atoms with E-state index in [0.717, 1.165) is 60.6 Å². The quantitative estimate of drug-likeness (QED) is 0.0331. The number of nitro benzene ring substituents is 1. The minimum Gasteiger partial charge on any atom is -0.493 e. The normalized spacial score (nSPS) is 15.9. The van der Waals surface area contributed by atoms with Gasteiger partial charge < -0.3 is 14.2 Å². The molecule has 1 saturated carbocycles. The van der Waals surface area contributed by atoms with Crippen molar-refractivity contribution in [3.63, 3.8) is 0 Å². The van der Waals surface area contributed by atoms with E-state index < -0.39 is 5.97 Å². The van der Waals surface area contributed by atoms with Crippen LogP contribution in [0.1, 0.15) is 87.3 Å². The van der Waals surface area contributed by atoms with Crippen LogP contribution in [-0.2, 0) is 16.1 Å². The summed E-state index contributed by atoms with van der Waals surface area (Å²) >= 11 is 1.59. The number of hydrogen-bond donors (Lipinski definition) is 0. The van der Waals surface area contributed by atoms with Gasteiger partial charge in [-0.3, -0.25) is 10.1 Å². The maximum Gasteiger partial charge on any atom is 0.330 e. The smallest absolute Gasteiger partial charge is 0.330 e. The molecule has 0 radical (unpaired) electrons. The van der Waals surface area contributed by atoms with Crippen LogP contribution in [0, 0.1) is 23.0 Å². The molecule has 51 heavy (non-hydrogen) atoms. The lowest BCUT2D eigenvalue weighted by molar-refractivity contribution is -0.385. The molecule has 8 nitrogen and oxygen atoms in total. The first-order valence-electron chi connectivity index (χ1n) is 18.1. The molecule has 0 unspecified atom stereocenters. The predicted molar refractivity (Wildman–Crippen MR) is 205 cm³/mol. The summed E-state index contributed by atoms with van der Waals surface area (Å²) in [5, 5.41) is 14.5. The molecule has 266 valence electrons. The number of carbonyl (C=O) groups excluding carboxylic acids is 1. The Bertz CT molecular complexity index is 2010. The number of aromatic nitrogens is 1. The third kappa shape index (κ3) is 8.95. The van der Waals surface area contributed by atoms with Crippen molar-refractivity contribution < 1.29 is 23.9 Å². The summed E-state index contributed by atoms with van der Waals surface area (Å²) in [6.07, 6.45) is 11.9. The SMILES string of the molecule is C=CC(=O)OCCCOc1ccc2cc(COc3ccc(C4CCC(CCCCC)CC4)c4nc(-c5ccc([N+](=O)[O-])c(C)c5)sc34)ccc2c1. The largest absolute Gasteiger partial charge is 0.493 e. The molecule has 0 amide bonds. The molecule has 0 spiro atoms. The van der Waals surface area contributed by atoms with Gasteiger partial charge in [0.05, 0.1) is 28.4 Å². The second kappa shape index (κ2) is 17.0. The number of nitrogens with zero attached hydrogens (tertiary/aromatic N) is 2. The van der Waals surface area contributed by atoms with E-state index in [2.05, 4.69) is 43.8 Å². The topological polar surface area (TPSA) is 101 Å². The van der Waals surface area contributed by atoms with Crippen LogP contribution in [0.15, 0.2) is 79.4 Å². The Balaban J connectivity index is 1.19. The molecule has 0 aliphatic heterocycles. The number of ether oxygens (including phenoxy) is 3. The molecule has 1 aliphatic rings. The fourth-order valence-electron chi connectivity index (χ4n) is 7.10. The van der Waals surface area contributed by atoms with Gasteiger partial charge in [-0.25, -0.2) is 9.78 Å². The van der Waals surface area contributed by atoms with Gasteiger partial charge in [-0.05, 0) is 103 Å². The van der Waals surface area contributed by atoms with Gasteiger partial charge >= 0.3 is 5.97 Å². The van der Waals surface area contributed by atoms with Crippen LogP contribution in [0.25, 0.3) is 31.6 Å². The van der Waals surface area contributed by atoms with E-state index >= 15 is 0 Å². The Labute approximate surface area is 303 Å². The molecule has 0 N–H and O–H groups in total. The molecule has 0 atom stereocenters. The molecular formula is C42H46N2O6S. The minimum atomic E-state index is -0.429. The number of fused-ring (bicyclic) bond motifs is 2. The standard InChI is InChI=1S/C42H46N2O6S/c1-4-6-7-9-29-10-13-31(14-11-29)36-19-21-38(41-40(36)43-42(51-41)34-17-20-37(44(46)47)28(3)24-34)50-27-30-12-15-33-26-35(18-16-32(33)25-30)48-22-8-23-49-39(45)5-2/h5,12,15-21,24-26,29,31H,2,4,6-11,13-14,22-23,27H2,1,3H3. The third-order valence-corrected chi connectivity index (χ3v) is 11.0. The van der Waals surface area contributed by atoms with Gasteiger partial charge in [0.2, 0.25) is 0 Å². The first-order chi connectivity index (χ1) is 24.8. The summed E-state index contributed by atoms with van der Waals surface area (Å²) in [5.41, 5.74) is 4.94. The van der Waals surface area contributed by atoms with Gasteiger partial charge in [0.1, 0.15) is 23.1 Å². The van der Waals surface area contributed by atoms with Crippen LogP contribution in [0.4, 0.5) is 5.69 Å². The fraction of sp³-hybridized carbons (Fsp3) is 0.381. The lowest BCUT2D eigenvalue weighted by Crippen LogP contribution is -2.13. The number of aryl methyl sites for hydroxylation is 1. The number of hydrogen-bond acceptors (Lipinski definition) is 8. The molecule has 4 aromatic carbocycles. The number of nitro groups is 1. The maximum absolute atomic E-state index is 11.5. The Kier molecular flexibility index (Phi) is 12.0.